The van der Waals surface area contributed by atoms with Crippen molar-refractivity contribution in [2.24, 2.45) is 5.73 Å². The highest BCUT2D eigenvalue weighted by Gasteiger charge is 2.38. The van der Waals surface area contributed by atoms with Crippen LogP contribution in [-0.4, -0.2) is 95.5 Å². The van der Waals surface area contributed by atoms with Crippen LogP contribution in [0.25, 0.3) is 0 Å². The van der Waals surface area contributed by atoms with Crippen LogP contribution in [0, 0.1) is 0 Å². The number of aromatic nitrogens is 1. The summed E-state index contributed by atoms with van der Waals surface area (Å²) in [5.41, 5.74) is 8.56. The van der Waals surface area contributed by atoms with Crippen LogP contribution in [0.1, 0.15) is 39.8 Å². The van der Waals surface area contributed by atoms with Gasteiger partial charge in [-0.2, -0.15) is 0 Å². The van der Waals surface area contributed by atoms with Crippen molar-refractivity contribution in [1.29, 1.82) is 0 Å². The van der Waals surface area contributed by atoms with Gasteiger partial charge in [-0.15, -0.1) is 11.3 Å². The summed E-state index contributed by atoms with van der Waals surface area (Å²) in [6, 6.07) is 7.43. The number of anilines is 3. The number of rotatable bonds is 10. The van der Waals surface area contributed by atoms with E-state index in [4.69, 9.17) is 5.73 Å². The Hall–Kier alpha value is -3.13. The van der Waals surface area contributed by atoms with Crippen LogP contribution >= 0.6 is 23.1 Å². The maximum Gasteiger partial charge on any atom is 0.276 e. The fourth-order valence-electron chi connectivity index (χ4n) is 4.53. The Kier molecular flexibility index (Phi) is 10.5. The minimum atomic E-state index is -0.478. The largest absolute Gasteiger partial charge is 0.392 e. The summed E-state index contributed by atoms with van der Waals surface area (Å²) in [6.07, 6.45) is 0.456. The number of piperazine rings is 1. The third kappa shape index (κ3) is 8.24. The molecule has 0 spiro atoms. The molecule has 42 heavy (non-hydrogen) atoms. The monoisotopic (exact) mass is 614 g/mol. The molecule has 228 valence electrons. The number of hydrogen-bond donors (Lipinski definition) is 4. The smallest absolute Gasteiger partial charge is 0.276 e. The molecular formula is C29H42N8O3S2. The van der Waals surface area contributed by atoms with Crippen molar-refractivity contribution in [2.45, 2.75) is 44.8 Å². The van der Waals surface area contributed by atoms with Gasteiger partial charge in [-0.3, -0.25) is 19.7 Å². The molecule has 2 aliphatic rings. The second-order valence-electron chi connectivity index (χ2n) is 11.6. The molecule has 0 saturated carbocycles. The normalized spacial score (nSPS) is 19.6. The molecule has 1 aromatic heterocycles. The van der Waals surface area contributed by atoms with Crippen LogP contribution in [0.15, 0.2) is 40.4 Å². The van der Waals surface area contributed by atoms with E-state index in [1.807, 2.05) is 36.6 Å². The molecule has 11 nitrogen and oxygen atoms in total. The summed E-state index contributed by atoms with van der Waals surface area (Å²) in [5, 5.41) is 11.4. The molecule has 1 aromatic carbocycles. The Bertz CT molecular complexity index is 1300. The van der Waals surface area contributed by atoms with Crippen LogP contribution in [-0.2, 0) is 19.8 Å². The number of nitrogens with two attached hydrogens (primary N) is 1. The van der Waals surface area contributed by atoms with E-state index in [1.165, 1.54) is 23.1 Å². The number of benzene rings is 1. The van der Waals surface area contributed by atoms with Crippen molar-refractivity contribution >= 4 is 57.3 Å². The van der Waals surface area contributed by atoms with Gasteiger partial charge in [0.25, 0.3) is 5.91 Å². The third-order valence-corrected chi connectivity index (χ3v) is 9.31. The number of thioether (sulfide) groups is 1. The Morgan fingerprint density at radius 3 is 2.36 bits per heavy atom. The summed E-state index contributed by atoms with van der Waals surface area (Å²) in [7, 11) is 2.12. The number of carbonyl (C=O) groups excluding carboxylic acids is 3. The SMILES string of the molecule is CCN1C(=O)[C@@H](CNc2ccc(NC(=O)CCN3CCN(C)CC3)cc2)S/C1=C(/N)C(=O)Nc1nc(C(C)(C)C)cs1. The topological polar surface area (TPSA) is 136 Å². The number of nitrogens with zero attached hydrogens (tertiary/aromatic N) is 4. The van der Waals surface area contributed by atoms with Crippen molar-refractivity contribution in [3.8, 4) is 0 Å². The maximum atomic E-state index is 13.1. The molecule has 0 radical (unpaired) electrons. The minimum Gasteiger partial charge on any atom is -0.392 e. The molecular weight excluding hydrogens is 573 g/mol. The third-order valence-electron chi connectivity index (χ3n) is 7.24. The van der Waals surface area contributed by atoms with Gasteiger partial charge in [0.2, 0.25) is 11.8 Å². The van der Waals surface area contributed by atoms with Gasteiger partial charge in [0.1, 0.15) is 16.0 Å². The molecule has 1 atom stereocenters. The summed E-state index contributed by atoms with van der Waals surface area (Å²) in [4.78, 5) is 49.1. The van der Waals surface area contributed by atoms with E-state index < -0.39 is 11.2 Å². The predicted molar refractivity (Wildman–Crippen MR) is 172 cm³/mol. The van der Waals surface area contributed by atoms with E-state index in [0.717, 1.165) is 49.8 Å². The highest BCUT2D eigenvalue weighted by Crippen LogP contribution is 2.37. The Balaban J connectivity index is 1.28. The van der Waals surface area contributed by atoms with Crippen molar-refractivity contribution in [2.75, 3.05) is 68.8 Å². The number of carbonyl (C=O) groups is 3. The Morgan fingerprint density at radius 1 is 1.07 bits per heavy atom. The average Bonchev–Trinajstić information content (AvgIpc) is 3.56. The fourth-order valence-corrected chi connectivity index (χ4v) is 6.70. The molecule has 3 amide bonds. The van der Waals surface area contributed by atoms with Gasteiger partial charge < -0.3 is 31.1 Å². The first kappa shape index (κ1) is 31.8. The van der Waals surface area contributed by atoms with Crippen molar-refractivity contribution < 1.29 is 14.4 Å². The number of amides is 3. The number of nitrogens with one attached hydrogen (secondary N) is 3. The van der Waals surface area contributed by atoms with Crippen LogP contribution in [0.5, 0.6) is 0 Å². The quantitative estimate of drug-likeness (QED) is 0.298. The second-order valence-corrected chi connectivity index (χ2v) is 13.6. The molecule has 4 rings (SSSR count). The average molecular weight is 615 g/mol. The van der Waals surface area contributed by atoms with Crippen LogP contribution in [0.4, 0.5) is 16.5 Å². The molecule has 2 aromatic rings. The second kappa shape index (κ2) is 13.9. The van der Waals surface area contributed by atoms with Gasteiger partial charge in [0, 0.05) is 74.4 Å². The van der Waals surface area contributed by atoms with E-state index in [-0.39, 0.29) is 22.9 Å². The van der Waals surface area contributed by atoms with Crippen LogP contribution in [0.2, 0.25) is 0 Å². The van der Waals surface area contributed by atoms with Crippen LogP contribution in [0.3, 0.4) is 0 Å². The summed E-state index contributed by atoms with van der Waals surface area (Å²) in [6.45, 7) is 13.6. The first-order chi connectivity index (χ1) is 19.9. The summed E-state index contributed by atoms with van der Waals surface area (Å²) >= 11 is 2.63. The predicted octanol–water partition coefficient (Wildman–Crippen LogP) is 3.16. The number of hydrogen-bond acceptors (Lipinski definition) is 10. The van der Waals surface area contributed by atoms with E-state index in [9.17, 15) is 14.4 Å². The molecule has 5 N–H and O–H groups in total. The lowest BCUT2D eigenvalue weighted by atomic mass is 9.93. The fraction of sp³-hybridized carbons (Fsp3) is 0.517. The lowest BCUT2D eigenvalue weighted by Crippen LogP contribution is -2.45. The first-order valence-corrected chi connectivity index (χ1v) is 16.0. The van der Waals surface area contributed by atoms with Gasteiger partial charge in [-0.05, 0) is 38.2 Å². The van der Waals surface area contributed by atoms with Gasteiger partial charge >= 0.3 is 0 Å². The standard InChI is InChI=1S/C29H42N8O3S2/c1-6-37-26(40)21(42-27(37)24(30)25(39)34-28-33-22(18-41-28)29(2,3)4)17-31-19-7-9-20(10-8-19)32-23(38)11-12-36-15-13-35(5)14-16-36/h7-10,18,21,31H,6,11-17,30H2,1-5H3,(H,32,38)(H,33,34,39)/b27-24+/t21-/m1/s1. The van der Waals surface area contributed by atoms with Gasteiger partial charge in [-0.1, -0.05) is 32.5 Å². The van der Waals surface area contributed by atoms with E-state index in [2.05, 4.69) is 58.6 Å². The maximum absolute atomic E-state index is 13.1. The molecule has 3 heterocycles. The molecule has 2 fully saturated rings. The minimum absolute atomic E-state index is 0.00192. The molecule has 0 bridgehead atoms. The van der Waals surface area contributed by atoms with Crippen LogP contribution < -0.4 is 21.7 Å². The molecule has 0 unspecified atom stereocenters. The summed E-state index contributed by atoms with van der Waals surface area (Å²) < 4.78 is 0. The van der Waals surface area contributed by atoms with E-state index >= 15 is 0 Å². The lowest BCUT2D eigenvalue weighted by Gasteiger charge is -2.32. The lowest BCUT2D eigenvalue weighted by molar-refractivity contribution is -0.127. The van der Waals surface area contributed by atoms with E-state index in [0.29, 0.717) is 29.7 Å². The highest BCUT2D eigenvalue weighted by atomic mass is 32.2. The number of thiazole rings is 1. The Morgan fingerprint density at radius 2 is 1.74 bits per heavy atom. The highest BCUT2D eigenvalue weighted by molar-refractivity contribution is 8.04. The molecule has 2 aliphatic heterocycles. The zero-order chi connectivity index (χ0) is 30.4. The summed E-state index contributed by atoms with van der Waals surface area (Å²) in [5.74, 6) is -0.588. The molecule has 13 heteroatoms. The van der Waals surface area contributed by atoms with Gasteiger partial charge in [-0.25, -0.2) is 4.98 Å². The van der Waals surface area contributed by atoms with Gasteiger partial charge in [0.05, 0.1) is 5.69 Å². The van der Waals surface area contributed by atoms with Gasteiger partial charge in [0.15, 0.2) is 5.13 Å². The zero-order valence-corrected chi connectivity index (χ0v) is 26.7. The Labute approximate surface area is 256 Å². The molecule has 0 aliphatic carbocycles. The zero-order valence-electron chi connectivity index (χ0n) is 25.0. The first-order valence-electron chi connectivity index (χ1n) is 14.2. The van der Waals surface area contributed by atoms with Crippen molar-refractivity contribution in [3.05, 3.63) is 46.1 Å². The number of likely N-dealkylation sites (N-methyl/N-ethyl adjacent to an activating group) is 1. The molecule has 2 saturated heterocycles. The van der Waals surface area contributed by atoms with Crippen molar-refractivity contribution in [1.82, 2.24) is 19.7 Å². The van der Waals surface area contributed by atoms with Crippen molar-refractivity contribution in [3.63, 3.8) is 0 Å². The van der Waals surface area contributed by atoms with E-state index in [1.54, 1.807) is 4.90 Å².